The van der Waals surface area contributed by atoms with E-state index in [1.54, 1.807) is 0 Å². The molecule has 1 aromatic rings. The molecular formula is C11H10ClFO3. The Balaban J connectivity index is 2.63. The minimum absolute atomic E-state index is 0.0626. The number of carbonyl (C=O) groups excluding carboxylic acids is 1. The highest BCUT2D eigenvalue weighted by molar-refractivity contribution is 6.33. The molecule has 1 atom stereocenters. The molecule has 0 heterocycles. The minimum Gasteiger partial charge on any atom is -0.481 e. The van der Waals surface area contributed by atoms with Gasteiger partial charge in [-0.3, -0.25) is 9.59 Å². The van der Waals surface area contributed by atoms with Gasteiger partial charge in [0.1, 0.15) is 5.82 Å². The maximum Gasteiger partial charge on any atom is 0.303 e. The van der Waals surface area contributed by atoms with Crippen LogP contribution in [-0.2, 0) is 4.79 Å². The van der Waals surface area contributed by atoms with Crippen molar-refractivity contribution in [2.75, 3.05) is 0 Å². The van der Waals surface area contributed by atoms with Crippen molar-refractivity contribution in [1.82, 2.24) is 0 Å². The van der Waals surface area contributed by atoms with E-state index in [4.69, 9.17) is 16.7 Å². The molecule has 1 N–H and O–H groups in total. The molecule has 5 heteroatoms. The number of carboxylic acids is 1. The van der Waals surface area contributed by atoms with E-state index in [1.165, 1.54) is 12.1 Å². The molecule has 1 aromatic carbocycles. The van der Waals surface area contributed by atoms with E-state index in [9.17, 15) is 14.0 Å². The zero-order valence-corrected chi connectivity index (χ0v) is 9.08. The second-order valence-corrected chi connectivity index (χ2v) is 3.80. The highest BCUT2D eigenvalue weighted by atomic mass is 35.5. The summed E-state index contributed by atoms with van der Waals surface area (Å²) in [6.45, 7) is 0. The summed E-state index contributed by atoms with van der Waals surface area (Å²) < 4.78 is 12.6. The van der Waals surface area contributed by atoms with Crippen molar-refractivity contribution in [3.8, 4) is 0 Å². The highest BCUT2D eigenvalue weighted by Crippen LogP contribution is 2.14. The van der Waals surface area contributed by atoms with Crippen molar-refractivity contribution in [2.24, 2.45) is 0 Å². The molecule has 16 heavy (non-hydrogen) atoms. The molecule has 0 aromatic heterocycles. The van der Waals surface area contributed by atoms with Crippen molar-refractivity contribution in [2.45, 2.75) is 18.2 Å². The fourth-order valence-electron chi connectivity index (χ4n) is 1.18. The van der Waals surface area contributed by atoms with E-state index in [1.807, 2.05) is 0 Å². The lowest BCUT2D eigenvalue weighted by Gasteiger charge is -2.06. The van der Waals surface area contributed by atoms with Crippen LogP contribution in [0, 0.1) is 5.82 Å². The maximum atomic E-state index is 12.6. The first kappa shape index (κ1) is 12.6. The molecule has 0 aliphatic carbocycles. The van der Waals surface area contributed by atoms with Gasteiger partial charge in [0.15, 0.2) is 5.78 Å². The zero-order chi connectivity index (χ0) is 12.1. The Morgan fingerprint density at radius 1 is 1.31 bits per heavy atom. The Morgan fingerprint density at radius 2 is 1.88 bits per heavy atom. The van der Waals surface area contributed by atoms with Crippen LogP contribution in [0.4, 0.5) is 4.39 Å². The third-order valence-electron chi connectivity index (χ3n) is 2.02. The summed E-state index contributed by atoms with van der Waals surface area (Å²) in [4.78, 5) is 21.9. The number of hydrogen-bond acceptors (Lipinski definition) is 2. The number of carboxylic acid groups (broad SMARTS) is 1. The molecule has 0 aliphatic rings. The normalized spacial score (nSPS) is 12.1. The fraction of sp³-hybridized carbons (Fsp3) is 0.273. The monoisotopic (exact) mass is 244 g/mol. The SMILES string of the molecule is O=C(O)CCC(Cl)C(=O)c1ccc(F)cc1. The number of ketones is 1. The van der Waals surface area contributed by atoms with Crippen LogP contribution in [0.2, 0.25) is 0 Å². The van der Waals surface area contributed by atoms with Gasteiger partial charge in [-0.1, -0.05) is 0 Å². The number of aliphatic carboxylic acids is 1. The summed E-state index contributed by atoms with van der Waals surface area (Å²) in [5, 5.41) is 7.54. The third kappa shape index (κ3) is 3.62. The van der Waals surface area contributed by atoms with Gasteiger partial charge < -0.3 is 5.11 Å². The molecule has 0 spiro atoms. The first-order chi connectivity index (χ1) is 7.50. The summed E-state index contributed by atoms with van der Waals surface area (Å²) >= 11 is 5.74. The molecule has 0 fully saturated rings. The summed E-state index contributed by atoms with van der Waals surface area (Å²) in [5.41, 5.74) is 0.284. The van der Waals surface area contributed by atoms with E-state index in [2.05, 4.69) is 0 Å². The first-order valence-electron chi connectivity index (χ1n) is 4.66. The topological polar surface area (TPSA) is 54.4 Å². The smallest absolute Gasteiger partial charge is 0.303 e. The van der Waals surface area contributed by atoms with Gasteiger partial charge in [-0.25, -0.2) is 4.39 Å². The van der Waals surface area contributed by atoms with Gasteiger partial charge in [0.25, 0.3) is 0 Å². The quantitative estimate of drug-likeness (QED) is 0.640. The minimum atomic E-state index is -1.00. The first-order valence-corrected chi connectivity index (χ1v) is 5.10. The molecular weight excluding hydrogens is 235 g/mol. The molecule has 0 aliphatic heterocycles. The van der Waals surface area contributed by atoms with Gasteiger partial charge in [0.2, 0.25) is 0 Å². The van der Waals surface area contributed by atoms with Crippen molar-refractivity contribution in [3.63, 3.8) is 0 Å². The zero-order valence-electron chi connectivity index (χ0n) is 8.32. The van der Waals surface area contributed by atoms with Gasteiger partial charge in [0.05, 0.1) is 5.38 Å². The van der Waals surface area contributed by atoms with Crippen LogP contribution in [0.15, 0.2) is 24.3 Å². The second kappa shape index (κ2) is 5.61. The number of Topliss-reactive ketones (excluding diaryl/α,β-unsaturated/α-hetero) is 1. The summed E-state index contributed by atoms with van der Waals surface area (Å²) in [7, 11) is 0. The standard InChI is InChI=1S/C11H10ClFO3/c12-9(5-6-10(14)15)11(16)7-1-3-8(13)4-2-7/h1-4,9H,5-6H2,(H,14,15). The fourth-order valence-corrected chi connectivity index (χ4v) is 1.41. The van der Waals surface area contributed by atoms with E-state index < -0.39 is 17.2 Å². The van der Waals surface area contributed by atoms with Crippen molar-refractivity contribution < 1.29 is 19.1 Å². The Labute approximate surface area is 96.8 Å². The molecule has 0 bridgehead atoms. The largest absolute Gasteiger partial charge is 0.481 e. The second-order valence-electron chi connectivity index (χ2n) is 3.27. The van der Waals surface area contributed by atoms with Crippen LogP contribution in [-0.4, -0.2) is 22.2 Å². The summed E-state index contributed by atoms with van der Waals surface area (Å²) in [6, 6.07) is 4.98. The van der Waals surface area contributed by atoms with Gasteiger partial charge in [-0.15, -0.1) is 11.6 Å². The highest BCUT2D eigenvalue weighted by Gasteiger charge is 2.18. The van der Waals surface area contributed by atoms with Crippen molar-refractivity contribution in [3.05, 3.63) is 35.6 Å². The van der Waals surface area contributed by atoms with Crippen LogP contribution >= 0.6 is 11.6 Å². The molecule has 1 unspecified atom stereocenters. The Hall–Kier alpha value is -1.42. The van der Waals surface area contributed by atoms with Crippen LogP contribution in [0.5, 0.6) is 0 Å². The van der Waals surface area contributed by atoms with Gasteiger partial charge >= 0.3 is 5.97 Å². The number of carbonyl (C=O) groups is 2. The van der Waals surface area contributed by atoms with Crippen molar-refractivity contribution in [1.29, 1.82) is 0 Å². The lowest BCUT2D eigenvalue weighted by molar-refractivity contribution is -0.137. The predicted octanol–water partition coefficient (Wildman–Crippen LogP) is 2.48. The third-order valence-corrected chi connectivity index (χ3v) is 2.44. The van der Waals surface area contributed by atoms with E-state index in [0.717, 1.165) is 12.1 Å². The van der Waals surface area contributed by atoms with Crippen molar-refractivity contribution >= 4 is 23.4 Å². The number of halogens is 2. The van der Waals surface area contributed by atoms with Gasteiger partial charge in [0, 0.05) is 12.0 Å². The number of rotatable bonds is 5. The molecule has 1 rings (SSSR count). The van der Waals surface area contributed by atoms with E-state index >= 15 is 0 Å². The number of alkyl halides is 1. The van der Waals surface area contributed by atoms with Gasteiger partial charge in [-0.2, -0.15) is 0 Å². The Kier molecular flexibility index (Phi) is 4.43. The number of benzene rings is 1. The van der Waals surface area contributed by atoms with Gasteiger partial charge in [-0.05, 0) is 30.7 Å². The average Bonchev–Trinajstić information content (AvgIpc) is 2.26. The summed E-state index contributed by atoms with van der Waals surface area (Å²) in [5.74, 6) is -1.83. The Morgan fingerprint density at radius 3 is 2.38 bits per heavy atom. The average molecular weight is 245 g/mol. The van der Waals surface area contributed by atoms with E-state index in [0.29, 0.717) is 0 Å². The Bertz CT molecular complexity index is 389. The lowest BCUT2D eigenvalue weighted by Crippen LogP contribution is -2.16. The summed E-state index contributed by atoms with van der Waals surface area (Å²) in [6.07, 6.45) is -0.103. The lowest BCUT2D eigenvalue weighted by atomic mass is 10.1. The maximum absolute atomic E-state index is 12.6. The molecule has 0 saturated heterocycles. The predicted molar refractivity (Wildman–Crippen MR) is 57.2 cm³/mol. The molecule has 86 valence electrons. The molecule has 0 saturated carbocycles. The van der Waals surface area contributed by atoms with Crippen LogP contribution in [0.3, 0.4) is 0 Å². The number of hydrogen-bond donors (Lipinski definition) is 1. The molecule has 3 nitrogen and oxygen atoms in total. The molecule has 0 radical (unpaired) electrons. The molecule has 0 amide bonds. The van der Waals surface area contributed by atoms with Crippen LogP contribution in [0.1, 0.15) is 23.2 Å². The van der Waals surface area contributed by atoms with Crippen LogP contribution in [0.25, 0.3) is 0 Å². The van der Waals surface area contributed by atoms with E-state index in [-0.39, 0.29) is 24.2 Å². The van der Waals surface area contributed by atoms with Crippen LogP contribution < -0.4 is 0 Å².